The van der Waals surface area contributed by atoms with Gasteiger partial charge in [-0.15, -0.1) is 11.3 Å². The van der Waals surface area contributed by atoms with Crippen molar-refractivity contribution in [3.05, 3.63) is 50.6 Å². The Hall–Kier alpha value is -2.78. The van der Waals surface area contributed by atoms with E-state index in [1.54, 1.807) is 28.0 Å². The molecule has 34 heavy (non-hydrogen) atoms. The molecule has 1 aliphatic heterocycles. The van der Waals surface area contributed by atoms with Crippen LogP contribution in [0.25, 0.3) is 21.3 Å². The fraction of sp³-hybridized carbons (Fsp3) is 0.440. The van der Waals surface area contributed by atoms with Crippen molar-refractivity contribution < 1.29 is 23.4 Å². The number of alkyl halides is 2. The van der Waals surface area contributed by atoms with Gasteiger partial charge in [0.15, 0.2) is 5.75 Å². The molecule has 1 aliphatic carbocycles. The number of carbonyl (C=O) groups is 1. The van der Waals surface area contributed by atoms with Crippen LogP contribution in [0.15, 0.2) is 29.2 Å². The molecular weight excluding hydrogens is 462 g/mol. The Labute approximate surface area is 199 Å². The van der Waals surface area contributed by atoms with E-state index in [4.69, 9.17) is 4.74 Å². The molecule has 1 fully saturated rings. The van der Waals surface area contributed by atoms with Crippen molar-refractivity contribution in [2.45, 2.75) is 64.1 Å². The van der Waals surface area contributed by atoms with Gasteiger partial charge in [-0.05, 0) is 49.4 Å². The van der Waals surface area contributed by atoms with Crippen LogP contribution in [0.1, 0.15) is 66.4 Å². The number of halogens is 2. The predicted octanol–water partition coefficient (Wildman–Crippen LogP) is 5.53. The number of benzene rings is 1. The van der Waals surface area contributed by atoms with Gasteiger partial charge in [0.25, 0.3) is 0 Å². The fourth-order valence-corrected chi connectivity index (χ4v) is 6.62. The lowest BCUT2D eigenvalue weighted by Gasteiger charge is -2.36. The monoisotopic (exact) mass is 488 g/mol. The van der Waals surface area contributed by atoms with Crippen LogP contribution in [0.5, 0.6) is 5.75 Å². The van der Waals surface area contributed by atoms with E-state index in [1.807, 2.05) is 6.07 Å². The quantitative estimate of drug-likeness (QED) is 0.457. The number of aromatic nitrogens is 1. The number of carboxylic acid groups (broad SMARTS) is 1. The molecule has 2 aliphatic rings. The van der Waals surface area contributed by atoms with Crippen molar-refractivity contribution in [3.63, 3.8) is 0 Å². The Balaban J connectivity index is 1.79. The second-order valence-electron chi connectivity index (χ2n) is 9.09. The van der Waals surface area contributed by atoms with Gasteiger partial charge in [-0.2, -0.15) is 8.78 Å². The predicted molar refractivity (Wildman–Crippen MR) is 127 cm³/mol. The molecule has 0 bridgehead atoms. The number of pyridine rings is 1. The molecule has 5 rings (SSSR count). The topological polar surface area (TPSA) is 80.6 Å². The van der Waals surface area contributed by atoms with E-state index in [1.165, 1.54) is 11.1 Å². The average molecular weight is 489 g/mol. The molecule has 2 N–H and O–H groups in total. The molecule has 0 spiro atoms. The molecule has 0 amide bonds. The van der Waals surface area contributed by atoms with E-state index >= 15 is 0 Å². The molecule has 1 aromatic carbocycles. The maximum atomic E-state index is 13.6. The number of ether oxygens (including phenoxy) is 1. The minimum Gasteiger partial charge on any atom is -0.477 e. The zero-order valence-electron chi connectivity index (χ0n) is 19.0. The van der Waals surface area contributed by atoms with Gasteiger partial charge in [-0.25, -0.2) is 4.79 Å². The highest BCUT2D eigenvalue weighted by molar-refractivity contribution is 7.15. The van der Waals surface area contributed by atoms with E-state index < -0.39 is 18.0 Å². The van der Waals surface area contributed by atoms with Crippen LogP contribution in [0.3, 0.4) is 0 Å². The van der Waals surface area contributed by atoms with Crippen molar-refractivity contribution in [2.24, 2.45) is 0 Å². The molecule has 9 heteroatoms. The Morgan fingerprint density at radius 3 is 2.68 bits per heavy atom. The molecule has 0 unspecified atom stereocenters. The summed E-state index contributed by atoms with van der Waals surface area (Å²) in [7, 11) is 0. The van der Waals surface area contributed by atoms with E-state index in [-0.39, 0.29) is 33.7 Å². The molecule has 1 saturated carbocycles. The van der Waals surface area contributed by atoms with Crippen LogP contribution in [0, 0.1) is 0 Å². The molecule has 3 heterocycles. The largest absolute Gasteiger partial charge is 0.477 e. The second-order valence-corrected chi connectivity index (χ2v) is 10.1. The normalized spacial score (nSPS) is 17.2. The van der Waals surface area contributed by atoms with Gasteiger partial charge in [0, 0.05) is 46.1 Å². The lowest BCUT2D eigenvalue weighted by Crippen LogP contribution is -2.41. The lowest BCUT2D eigenvalue weighted by atomic mass is 9.77. The molecule has 180 valence electrons. The summed E-state index contributed by atoms with van der Waals surface area (Å²) in [5.74, 6) is -1.41. The first-order chi connectivity index (χ1) is 16.3. The third-order valence-corrected chi connectivity index (χ3v) is 8.67. The van der Waals surface area contributed by atoms with E-state index in [2.05, 4.69) is 19.2 Å². The molecule has 0 saturated heterocycles. The van der Waals surface area contributed by atoms with Crippen molar-refractivity contribution in [1.82, 2.24) is 9.88 Å². The van der Waals surface area contributed by atoms with Crippen LogP contribution in [-0.2, 0) is 12.0 Å². The molecule has 0 radical (unpaired) electrons. The van der Waals surface area contributed by atoms with Gasteiger partial charge in [-0.1, -0.05) is 13.8 Å². The third-order valence-electron chi connectivity index (χ3n) is 7.21. The van der Waals surface area contributed by atoms with E-state index in [0.717, 1.165) is 42.7 Å². The summed E-state index contributed by atoms with van der Waals surface area (Å²) in [6.07, 6.45) is 4.75. The summed E-state index contributed by atoms with van der Waals surface area (Å²) in [6.45, 7) is 2.81. The van der Waals surface area contributed by atoms with Crippen molar-refractivity contribution >= 4 is 28.2 Å². The number of hydrogen-bond acceptors (Lipinski definition) is 5. The first-order valence-corrected chi connectivity index (χ1v) is 12.4. The average Bonchev–Trinajstić information content (AvgIpc) is 3.56. The number of nitrogens with zero attached hydrogens (tertiary/aromatic N) is 1. The fourth-order valence-electron chi connectivity index (χ4n) is 5.09. The van der Waals surface area contributed by atoms with E-state index in [9.17, 15) is 23.5 Å². The smallest absolute Gasteiger partial charge is 0.387 e. The maximum Gasteiger partial charge on any atom is 0.387 e. The third kappa shape index (κ3) is 3.62. The van der Waals surface area contributed by atoms with Gasteiger partial charge in [0.2, 0.25) is 5.43 Å². The lowest BCUT2D eigenvalue weighted by molar-refractivity contribution is -0.0486. The van der Waals surface area contributed by atoms with Crippen molar-refractivity contribution in [2.75, 3.05) is 6.54 Å². The van der Waals surface area contributed by atoms with Crippen LogP contribution in [0.4, 0.5) is 8.78 Å². The van der Waals surface area contributed by atoms with Crippen LogP contribution in [-0.4, -0.2) is 28.8 Å². The van der Waals surface area contributed by atoms with Gasteiger partial charge >= 0.3 is 12.6 Å². The Morgan fingerprint density at radius 1 is 1.32 bits per heavy atom. The second kappa shape index (κ2) is 8.46. The molecule has 3 aromatic rings. The van der Waals surface area contributed by atoms with E-state index in [0.29, 0.717) is 12.1 Å². The van der Waals surface area contributed by atoms with Crippen LogP contribution < -0.4 is 15.5 Å². The highest BCUT2D eigenvalue weighted by Gasteiger charge is 2.36. The number of carboxylic acids is 1. The number of rotatable bonds is 7. The molecule has 2 aromatic heterocycles. The summed E-state index contributed by atoms with van der Waals surface area (Å²) in [4.78, 5) is 26.7. The minimum atomic E-state index is -3.09. The minimum absolute atomic E-state index is 0.0103. The first kappa shape index (κ1) is 23.0. The standard InChI is InChI=1S/C25H26F2N2O4S/c1-3-25(4-2)12-28-10-13-9-18(34-22(13)25)15-7-8-16-19(21(15)33-24(26)27)29(14-5-6-14)11-17(20(16)30)23(31)32/h7-9,11,14,24,28H,3-6,10,12H2,1-2H3,(H,31,32). The number of fused-ring (bicyclic) bond motifs is 2. The Kier molecular flexibility index (Phi) is 5.72. The van der Waals surface area contributed by atoms with Gasteiger partial charge in [0.05, 0.1) is 10.9 Å². The number of aromatic carboxylic acids is 1. The van der Waals surface area contributed by atoms with Crippen LogP contribution in [0.2, 0.25) is 0 Å². The first-order valence-electron chi connectivity index (χ1n) is 11.5. The summed E-state index contributed by atoms with van der Waals surface area (Å²) in [6, 6.07) is 5.12. The zero-order valence-corrected chi connectivity index (χ0v) is 19.8. The highest BCUT2D eigenvalue weighted by Crippen LogP contribution is 2.48. The van der Waals surface area contributed by atoms with Gasteiger partial charge in [-0.3, -0.25) is 4.79 Å². The van der Waals surface area contributed by atoms with Gasteiger partial charge in [0.1, 0.15) is 5.56 Å². The summed E-state index contributed by atoms with van der Waals surface area (Å²) in [5.41, 5.74) is 0.795. The summed E-state index contributed by atoms with van der Waals surface area (Å²) < 4.78 is 34.0. The van der Waals surface area contributed by atoms with Crippen molar-refractivity contribution in [1.29, 1.82) is 0 Å². The zero-order chi connectivity index (χ0) is 24.2. The van der Waals surface area contributed by atoms with Gasteiger partial charge < -0.3 is 19.7 Å². The maximum absolute atomic E-state index is 13.6. The van der Waals surface area contributed by atoms with Crippen molar-refractivity contribution in [3.8, 4) is 16.2 Å². The number of thiophene rings is 1. The Bertz CT molecular complexity index is 1340. The summed E-state index contributed by atoms with van der Waals surface area (Å²) in [5, 5.41) is 13.1. The summed E-state index contributed by atoms with van der Waals surface area (Å²) >= 11 is 1.59. The SMILES string of the molecule is CCC1(CC)CNCc2cc(-c3ccc4c(=O)c(C(=O)O)cn(C5CC5)c4c3OC(F)F)sc21. The molecular formula is C25H26F2N2O4S. The number of nitrogens with one attached hydrogen (secondary N) is 1. The molecule has 0 atom stereocenters. The highest BCUT2D eigenvalue weighted by atomic mass is 32.1. The van der Waals surface area contributed by atoms with Crippen LogP contribution >= 0.6 is 11.3 Å². The number of hydrogen-bond donors (Lipinski definition) is 2. The molecule has 6 nitrogen and oxygen atoms in total. The Morgan fingerprint density at radius 2 is 2.06 bits per heavy atom.